The Morgan fingerprint density at radius 3 is 2.23 bits per heavy atom. The first-order chi connectivity index (χ1) is 12.3. The van der Waals surface area contributed by atoms with Gasteiger partial charge in [-0.15, -0.1) is 0 Å². The Kier molecular flexibility index (Phi) is 5.20. The van der Waals surface area contributed by atoms with E-state index in [4.69, 9.17) is 23.2 Å². The molecule has 2 N–H and O–H groups in total. The number of rotatable bonds is 4. The van der Waals surface area contributed by atoms with Crippen LogP contribution in [-0.4, -0.2) is 9.97 Å². The summed E-state index contributed by atoms with van der Waals surface area (Å²) in [5, 5.41) is 6.39. The highest BCUT2D eigenvalue weighted by atomic mass is 35.5. The van der Waals surface area contributed by atoms with E-state index in [2.05, 4.69) is 20.6 Å². The molecule has 1 heterocycles. The molecular weight excluding hydrogens is 388 g/mol. The van der Waals surface area contributed by atoms with Crippen molar-refractivity contribution < 1.29 is 13.2 Å². The largest absolute Gasteiger partial charge is 0.421 e. The fourth-order valence-electron chi connectivity index (χ4n) is 2.11. The molecule has 0 amide bonds. The highest BCUT2D eigenvalue weighted by molar-refractivity contribution is 6.31. The normalized spacial score (nSPS) is 11.3. The van der Waals surface area contributed by atoms with E-state index in [-0.39, 0.29) is 11.8 Å². The van der Waals surface area contributed by atoms with Gasteiger partial charge in [0, 0.05) is 27.6 Å². The Bertz CT molecular complexity index is 915. The quantitative estimate of drug-likeness (QED) is 0.542. The highest BCUT2D eigenvalue weighted by Gasteiger charge is 2.35. The first-order valence-corrected chi connectivity index (χ1v) is 8.06. The number of benzene rings is 2. The maximum absolute atomic E-state index is 13.3. The van der Waals surface area contributed by atoms with Gasteiger partial charge in [-0.2, -0.15) is 18.2 Å². The number of nitrogens with zero attached hydrogens (tertiary/aromatic N) is 2. The van der Waals surface area contributed by atoms with E-state index in [1.807, 2.05) is 0 Å². The van der Waals surface area contributed by atoms with Crippen molar-refractivity contribution in [2.75, 3.05) is 10.6 Å². The summed E-state index contributed by atoms with van der Waals surface area (Å²) < 4.78 is 39.8. The zero-order chi connectivity index (χ0) is 18.7. The summed E-state index contributed by atoms with van der Waals surface area (Å²) in [7, 11) is 0. The van der Waals surface area contributed by atoms with Crippen molar-refractivity contribution >= 4 is 46.3 Å². The molecule has 0 bridgehead atoms. The summed E-state index contributed by atoms with van der Waals surface area (Å²) in [6.07, 6.45) is -3.89. The van der Waals surface area contributed by atoms with Crippen molar-refractivity contribution in [1.29, 1.82) is 0 Å². The standard InChI is InChI=1S/C17H11Cl2F3N4/c18-10-4-6-12(7-5-10)25-16-23-9-14(17(20,21)22)15(26-16)24-13-3-1-2-11(19)8-13/h1-9H,(H2,23,24,25,26). The SMILES string of the molecule is FC(F)(F)c1cnc(Nc2ccc(Cl)cc2)nc1Nc1cccc(Cl)c1. The second-order valence-corrected chi connectivity index (χ2v) is 6.09. The van der Waals surface area contributed by atoms with Crippen LogP contribution in [0.25, 0.3) is 0 Å². The summed E-state index contributed by atoms with van der Waals surface area (Å²) in [5.41, 5.74) is -0.0267. The van der Waals surface area contributed by atoms with E-state index >= 15 is 0 Å². The third-order valence-corrected chi connectivity index (χ3v) is 3.77. The first kappa shape index (κ1) is 18.3. The molecule has 26 heavy (non-hydrogen) atoms. The number of aromatic nitrogens is 2. The molecule has 9 heteroatoms. The van der Waals surface area contributed by atoms with Crippen molar-refractivity contribution in [3.05, 3.63) is 70.3 Å². The van der Waals surface area contributed by atoms with E-state index < -0.39 is 11.7 Å². The van der Waals surface area contributed by atoms with Crippen molar-refractivity contribution in [1.82, 2.24) is 9.97 Å². The van der Waals surface area contributed by atoms with E-state index in [1.165, 1.54) is 6.07 Å². The van der Waals surface area contributed by atoms with Crippen molar-refractivity contribution in [2.45, 2.75) is 6.18 Å². The number of hydrogen-bond acceptors (Lipinski definition) is 4. The monoisotopic (exact) mass is 398 g/mol. The Morgan fingerprint density at radius 1 is 0.846 bits per heavy atom. The van der Waals surface area contributed by atoms with Gasteiger partial charge >= 0.3 is 6.18 Å². The van der Waals surface area contributed by atoms with Gasteiger partial charge in [-0.1, -0.05) is 29.3 Å². The van der Waals surface area contributed by atoms with Crippen LogP contribution >= 0.6 is 23.2 Å². The van der Waals surface area contributed by atoms with E-state index in [9.17, 15) is 13.2 Å². The van der Waals surface area contributed by atoms with Crippen LogP contribution < -0.4 is 10.6 Å². The van der Waals surface area contributed by atoms with Gasteiger partial charge in [0.15, 0.2) is 0 Å². The van der Waals surface area contributed by atoms with Crippen LogP contribution in [-0.2, 0) is 6.18 Å². The van der Waals surface area contributed by atoms with Gasteiger partial charge in [0.2, 0.25) is 5.95 Å². The number of nitrogens with one attached hydrogen (secondary N) is 2. The number of anilines is 4. The molecule has 0 aliphatic carbocycles. The maximum atomic E-state index is 13.3. The van der Waals surface area contributed by atoms with Gasteiger partial charge in [0.05, 0.1) is 0 Å². The molecule has 1 aromatic heterocycles. The van der Waals surface area contributed by atoms with Gasteiger partial charge < -0.3 is 10.6 Å². The molecule has 134 valence electrons. The third-order valence-electron chi connectivity index (χ3n) is 3.28. The minimum absolute atomic E-state index is 0.00449. The molecule has 0 saturated carbocycles. The lowest BCUT2D eigenvalue weighted by Gasteiger charge is -2.15. The molecule has 0 fully saturated rings. The average molecular weight is 399 g/mol. The van der Waals surface area contributed by atoms with Crippen molar-refractivity contribution in [2.24, 2.45) is 0 Å². The summed E-state index contributed by atoms with van der Waals surface area (Å²) in [5.74, 6) is -0.379. The molecule has 0 atom stereocenters. The molecule has 3 rings (SSSR count). The van der Waals surface area contributed by atoms with Crippen LogP contribution in [0.5, 0.6) is 0 Å². The maximum Gasteiger partial charge on any atom is 0.421 e. The number of alkyl halides is 3. The fraction of sp³-hybridized carbons (Fsp3) is 0.0588. The predicted molar refractivity (Wildman–Crippen MR) is 96.5 cm³/mol. The number of hydrogen-bond donors (Lipinski definition) is 2. The topological polar surface area (TPSA) is 49.8 Å². The lowest BCUT2D eigenvalue weighted by atomic mass is 10.2. The Morgan fingerprint density at radius 2 is 1.58 bits per heavy atom. The number of halogens is 5. The Hall–Kier alpha value is -2.51. The van der Waals surface area contributed by atoms with E-state index in [0.29, 0.717) is 21.4 Å². The molecule has 3 aromatic rings. The van der Waals surface area contributed by atoms with Gasteiger partial charge in [0.25, 0.3) is 0 Å². The van der Waals surface area contributed by atoms with Crippen LogP contribution in [0.4, 0.5) is 36.3 Å². The van der Waals surface area contributed by atoms with Crippen LogP contribution in [0, 0.1) is 0 Å². The first-order valence-electron chi connectivity index (χ1n) is 7.31. The molecular formula is C17H11Cl2F3N4. The molecule has 0 spiro atoms. The summed E-state index contributed by atoms with van der Waals surface area (Å²) in [6.45, 7) is 0. The van der Waals surface area contributed by atoms with E-state index in [0.717, 1.165) is 6.20 Å². The molecule has 0 aliphatic heterocycles. The average Bonchev–Trinajstić information content (AvgIpc) is 2.56. The summed E-state index contributed by atoms with van der Waals surface area (Å²) in [6, 6.07) is 12.9. The van der Waals surface area contributed by atoms with Gasteiger partial charge in [-0.05, 0) is 42.5 Å². The molecule has 0 aliphatic rings. The highest BCUT2D eigenvalue weighted by Crippen LogP contribution is 2.35. The van der Waals surface area contributed by atoms with Crippen LogP contribution in [0.15, 0.2) is 54.7 Å². The lowest BCUT2D eigenvalue weighted by Crippen LogP contribution is -2.12. The zero-order valence-electron chi connectivity index (χ0n) is 13.0. The van der Waals surface area contributed by atoms with Gasteiger partial charge in [-0.3, -0.25) is 0 Å². The van der Waals surface area contributed by atoms with Crippen molar-refractivity contribution in [3.8, 4) is 0 Å². The third kappa shape index (κ3) is 4.56. The second kappa shape index (κ2) is 7.39. The Labute approximate surface area is 157 Å². The van der Waals surface area contributed by atoms with Gasteiger partial charge in [0.1, 0.15) is 11.4 Å². The van der Waals surface area contributed by atoms with Crippen LogP contribution in [0.2, 0.25) is 10.0 Å². The van der Waals surface area contributed by atoms with Gasteiger partial charge in [-0.25, -0.2) is 4.98 Å². The molecule has 2 aromatic carbocycles. The van der Waals surface area contributed by atoms with Crippen molar-refractivity contribution in [3.63, 3.8) is 0 Å². The smallest absolute Gasteiger partial charge is 0.340 e. The summed E-state index contributed by atoms with van der Waals surface area (Å²) >= 11 is 11.7. The predicted octanol–water partition coefficient (Wildman–Crippen LogP) is 6.29. The molecule has 0 radical (unpaired) electrons. The van der Waals surface area contributed by atoms with Crippen LogP contribution in [0.1, 0.15) is 5.56 Å². The Balaban J connectivity index is 1.94. The molecule has 0 unspecified atom stereocenters. The molecule has 4 nitrogen and oxygen atoms in total. The second-order valence-electron chi connectivity index (χ2n) is 5.22. The fourth-order valence-corrected chi connectivity index (χ4v) is 2.43. The summed E-state index contributed by atoms with van der Waals surface area (Å²) in [4.78, 5) is 7.69. The van der Waals surface area contributed by atoms with E-state index in [1.54, 1.807) is 42.5 Å². The lowest BCUT2D eigenvalue weighted by molar-refractivity contribution is -0.137. The minimum Gasteiger partial charge on any atom is -0.340 e. The van der Waals surface area contributed by atoms with Crippen LogP contribution in [0.3, 0.4) is 0 Å². The minimum atomic E-state index is -4.61. The zero-order valence-corrected chi connectivity index (χ0v) is 14.5. The molecule has 0 saturated heterocycles.